The van der Waals surface area contributed by atoms with Crippen LogP contribution in [0.1, 0.15) is 0 Å². The van der Waals surface area contributed by atoms with Crippen LogP contribution in [-0.4, -0.2) is 19.2 Å². The molecule has 0 bridgehead atoms. The fourth-order valence-corrected chi connectivity index (χ4v) is 1.84. The summed E-state index contributed by atoms with van der Waals surface area (Å²) in [6.07, 6.45) is 0. The van der Waals surface area contributed by atoms with Gasteiger partial charge in [-0.25, -0.2) is 9.37 Å². The molecule has 0 N–H and O–H groups in total. The van der Waals surface area contributed by atoms with Gasteiger partial charge in [0.05, 0.1) is 14.2 Å². The van der Waals surface area contributed by atoms with Gasteiger partial charge >= 0.3 is 0 Å². The Labute approximate surface area is 109 Å². The zero-order valence-electron chi connectivity index (χ0n) is 9.91. The van der Waals surface area contributed by atoms with Gasteiger partial charge in [-0.1, -0.05) is 11.6 Å². The van der Waals surface area contributed by atoms with Crippen molar-refractivity contribution in [1.82, 2.24) is 4.98 Å². The number of benzene rings is 1. The fourth-order valence-electron chi connectivity index (χ4n) is 1.64. The molecular formula is C13H11ClFNO2. The summed E-state index contributed by atoms with van der Waals surface area (Å²) in [6, 6.07) is 7.57. The molecule has 0 aliphatic carbocycles. The zero-order chi connectivity index (χ0) is 13.1. The van der Waals surface area contributed by atoms with Crippen molar-refractivity contribution in [1.29, 1.82) is 0 Å². The molecule has 2 rings (SSSR count). The van der Waals surface area contributed by atoms with E-state index in [9.17, 15) is 4.39 Å². The van der Waals surface area contributed by atoms with Crippen molar-refractivity contribution in [3.05, 3.63) is 41.3 Å². The molecule has 0 aliphatic rings. The third-order valence-corrected chi connectivity index (χ3v) is 2.65. The van der Waals surface area contributed by atoms with E-state index >= 15 is 0 Å². The van der Waals surface area contributed by atoms with Crippen LogP contribution in [-0.2, 0) is 0 Å². The van der Waals surface area contributed by atoms with Crippen molar-refractivity contribution in [2.24, 2.45) is 0 Å². The molecule has 0 atom stereocenters. The Hall–Kier alpha value is -1.81. The summed E-state index contributed by atoms with van der Waals surface area (Å²) in [7, 11) is 3.02. The Morgan fingerprint density at radius 1 is 1.11 bits per heavy atom. The largest absolute Gasteiger partial charge is 0.496 e. The normalized spacial score (nSPS) is 10.2. The predicted octanol–water partition coefficient (Wildman–Crippen LogP) is 3.56. The number of rotatable bonds is 3. The molecule has 0 amide bonds. The Kier molecular flexibility index (Phi) is 3.67. The lowest BCUT2D eigenvalue weighted by Gasteiger charge is -2.10. The van der Waals surface area contributed by atoms with Gasteiger partial charge in [-0.2, -0.15) is 0 Å². The van der Waals surface area contributed by atoms with Gasteiger partial charge in [-0.05, 0) is 29.8 Å². The highest BCUT2D eigenvalue weighted by atomic mass is 35.5. The Balaban J connectivity index is 2.60. The van der Waals surface area contributed by atoms with Gasteiger partial charge in [0.25, 0.3) is 0 Å². The third kappa shape index (κ3) is 2.54. The van der Waals surface area contributed by atoms with Gasteiger partial charge in [0.1, 0.15) is 16.7 Å². The van der Waals surface area contributed by atoms with Gasteiger partial charge in [0, 0.05) is 11.6 Å². The lowest BCUT2D eigenvalue weighted by molar-refractivity contribution is 0.398. The molecule has 1 aromatic heterocycles. The maximum absolute atomic E-state index is 13.3. The van der Waals surface area contributed by atoms with E-state index < -0.39 is 0 Å². The third-order valence-electron chi connectivity index (χ3n) is 2.45. The SMILES string of the molecule is COc1cc(-c2cc(F)ccc2OC)cc(Cl)n1. The quantitative estimate of drug-likeness (QED) is 0.797. The average molecular weight is 268 g/mol. The molecule has 0 aliphatic heterocycles. The van der Waals surface area contributed by atoms with Crippen LogP contribution in [0.2, 0.25) is 5.15 Å². The van der Waals surface area contributed by atoms with Gasteiger partial charge in [0.2, 0.25) is 5.88 Å². The maximum Gasteiger partial charge on any atom is 0.214 e. The van der Waals surface area contributed by atoms with E-state index in [0.29, 0.717) is 22.8 Å². The average Bonchev–Trinajstić information content (AvgIpc) is 2.38. The summed E-state index contributed by atoms with van der Waals surface area (Å²) >= 11 is 5.89. The molecule has 0 saturated heterocycles. The van der Waals surface area contributed by atoms with Crippen LogP contribution in [0, 0.1) is 5.82 Å². The molecule has 0 spiro atoms. The molecule has 0 radical (unpaired) electrons. The number of aromatic nitrogens is 1. The Bertz CT molecular complexity index is 575. The topological polar surface area (TPSA) is 31.4 Å². The first kappa shape index (κ1) is 12.6. The van der Waals surface area contributed by atoms with Crippen LogP contribution in [0.4, 0.5) is 4.39 Å². The molecule has 18 heavy (non-hydrogen) atoms. The van der Waals surface area contributed by atoms with Crippen LogP contribution in [0.15, 0.2) is 30.3 Å². The molecule has 1 heterocycles. The standard InChI is InChI=1S/C13H11ClFNO2/c1-17-11-4-3-9(15)7-10(11)8-5-12(14)16-13(6-8)18-2/h3-7H,1-2H3. The number of ether oxygens (including phenoxy) is 2. The lowest BCUT2D eigenvalue weighted by Crippen LogP contribution is -1.92. The first-order chi connectivity index (χ1) is 8.63. The Morgan fingerprint density at radius 3 is 2.56 bits per heavy atom. The van der Waals surface area contributed by atoms with Gasteiger partial charge in [-0.3, -0.25) is 0 Å². The summed E-state index contributed by atoms with van der Waals surface area (Å²) in [4.78, 5) is 3.96. The van der Waals surface area contributed by atoms with E-state index in [1.165, 1.54) is 26.4 Å². The fraction of sp³-hybridized carbons (Fsp3) is 0.154. The summed E-state index contributed by atoms with van der Waals surface area (Å²) in [5.41, 5.74) is 1.28. The van der Waals surface area contributed by atoms with E-state index in [-0.39, 0.29) is 11.0 Å². The summed E-state index contributed by atoms with van der Waals surface area (Å²) in [6.45, 7) is 0. The highest BCUT2D eigenvalue weighted by Crippen LogP contribution is 2.33. The van der Waals surface area contributed by atoms with Gasteiger partial charge in [0.15, 0.2) is 0 Å². The summed E-state index contributed by atoms with van der Waals surface area (Å²) in [5.74, 6) is 0.572. The highest BCUT2D eigenvalue weighted by Gasteiger charge is 2.10. The number of nitrogens with zero attached hydrogens (tertiary/aromatic N) is 1. The second-order valence-corrected chi connectivity index (χ2v) is 3.95. The lowest BCUT2D eigenvalue weighted by atomic mass is 10.1. The van der Waals surface area contributed by atoms with E-state index in [1.54, 1.807) is 18.2 Å². The van der Waals surface area contributed by atoms with Crippen molar-refractivity contribution in [3.63, 3.8) is 0 Å². The minimum Gasteiger partial charge on any atom is -0.496 e. The van der Waals surface area contributed by atoms with E-state index in [2.05, 4.69) is 4.98 Å². The molecule has 5 heteroatoms. The first-order valence-corrected chi connectivity index (χ1v) is 5.57. The summed E-state index contributed by atoms with van der Waals surface area (Å²) in [5, 5.41) is 0.274. The number of halogens is 2. The van der Waals surface area contributed by atoms with Crippen LogP contribution in [0.5, 0.6) is 11.6 Å². The second kappa shape index (κ2) is 5.23. The van der Waals surface area contributed by atoms with Gasteiger partial charge < -0.3 is 9.47 Å². The van der Waals surface area contributed by atoms with Crippen LogP contribution >= 0.6 is 11.6 Å². The minimum absolute atomic E-state index is 0.274. The van der Waals surface area contributed by atoms with Crippen molar-refractivity contribution in [3.8, 4) is 22.8 Å². The zero-order valence-corrected chi connectivity index (χ0v) is 10.7. The molecule has 3 nitrogen and oxygen atoms in total. The van der Waals surface area contributed by atoms with Crippen LogP contribution < -0.4 is 9.47 Å². The molecule has 0 unspecified atom stereocenters. The molecule has 0 fully saturated rings. The van der Waals surface area contributed by atoms with Crippen molar-refractivity contribution in [2.75, 3.05) is 14.2 Å². The molecule has 2 aromatic rings. The number of pyridine rings is 1. The minimum atomic E-state index is -0.349. The van der Waals surface area contributed by atoms with Crippen LogP contribution in [0.3, 0.4) is 0 Å². The van der Waals surface area contributed by atoms with Crippen LogP contribution in [0.25, 0.3) is 11.1 Å². The maximum atomic E-state index is 13.3. The first-order valence-electron chi connectivity index (χ1n) is 5.19. The van der Waals surface area contributed by atoms with E-state index in [1.807, 2.05) is 0 Å². The van der Waals surface area contributed by atoms with Crippen molar-refractivity contribution >= 4 is 11.6 Å². The molecule has 1 aromatic carbocycles. The highest BCUT2D eigenvalue weighted by molar-refractivity contribution is 6.29. The number of hydrogen-bond donors (Lipinski definition) is 0. The summed E-state index contributed by atoms with van der Waals surface area (Å²) < 4.78 is 23.5. The van der Waals surface area contributed by atoms with E-state index in [4.69, 9.17) is 21.1 Å². The molecule has 94 valence electrons. The monoisotopic (exact) mass is 267 g/mol. The number of hydrogen-bond acceptors (Lipinski definition) is 3. The van der Waals surface area contributed by atoms with Crippen molar-refractivity contribution in [2.45, 2.75) is 0 Å². The predicted molar refractivity (Wildman–Crippen MR) is 67.7 cm³/mol. The van der Waals surface area contributed by atoms with E-state index in [0.717, 1.165) is 0 Å². The second-order valence-electron chi connectivity index (χ2n) is 3.57. The molecular weight excluding hydrogens is 257 g/mol. The number of methoxy groups -OCH3 is 2. The smallest absolute Gasteiger partial charge is 0.214 e. The van der Waals surface area contributed by atoms with Crippen molar-refractivity contribution < 1.29 is 13.9 Å². The Morgan fingerprint density at radius 2 is 1.89 bits per heavy atom. The molecule has 0 saturated carbocycles. The van der Waals surface area contributed by atoms with Gasteiger partial charge in [-0.15, -0.1) is 0 Å².